The van der Waals surface area contributed by atoms with Crippen LogP contribution in [-0.4, -0.2) is 26.7 Å². The second-order valence-electron chi connectivity index (χ2n) is 8.75. The molecule has 0 aliphatic heterocycles. The molecule has 3 heterocycles. The molecular formula is C25H27N7O2. The van der Waals surface area contributed by atoms with Gasteiger partial charge in [0, 0.05) is 36.9 Å². The van der Waals surface area contributed by atoms with Gasteiger partial charge < -0.3 is 25.7 Å². The number of fused-ring (bicyclic) bond motifs is 2. The molecule has 5 N–H and O–H groups in total. The third kappa shape index (κ3) is 4.12. The lowest BCUT2D eigenvalue weighted by atomic mass is 10.00. The molecule has 3 aromatic heterocycles. The van der Waals surface area contributed by atoms with Crippen molar-refractivity contribution in [2.45, 2.75) is 45.7 Å². The lowest BCUT2D eigenvalue weighted by Gasteiger charge is -2.11. The van der Waals surface area contributed by atoms with Crippen molar-refractivity contribution in [3.8, 4) is 0 Å². The Morgan fingerprint density at radius 3 is 2.91 bits per heavy atom. The summed E-state index contributed by atoms with van der Waals surface area (Å²) in [5.74, 6) is 0.731. The molecule has 1 aliphatic carbocycles. The van der Waals surface area contributed by atoms with Crippen LogP contribution in [0.1, 0.15) is 46.7 Å². The SMILES string of the molecule is Cc1cc2c(N)noc2c(C)c1CNC(=O)C(C=NCc1cn2cc(C3CC3)ccc2n1)=CN. The van der Waals surface area contributed by atoms with Gasteiger partial charge in [-0.1, -0.05) is 11.2 Å². The molecule has 0 bridgehead atoms. The summed E-state index contributed by atoms with van der Waals surface area (Å²) >= 11 is 0. The summed E-state index contributed by atoms with van der Waals surface area (Å²) < 4.78 is 7.38. The minimum Gasteiger partial charge on any atom is -0.404 e. The smallest absolute Gasteiger partial charge is 0.254 e. The molecular weight excluding hydrogens is 430 g/mol. The van der Waals surface area contributed by atoms with Crippen LogP contribution in [0.2, 0.25) is 0 Å². The minimum atomic E-state index is -0.314. The van der Waals surface area contributed by atoms with Gasteiger partial charge in [-0.2, -0.15) is 0 Å². The summed E-state index contributed by atoms with van der Waals surface area (Å²) in [4.78, 5) is 21.7. The fourth-order valence-corrected chi connectivity index (χ4v) is 4.21. The Bertz CT molecular complexity index is 1460. The number of benzene rings is 1. The Hall–Kier alpha value is -4.14. The topological polar surface area (TPSA) is 137 Å². The molecule has 0 spiro atoms. The van der Waals surface area contributed by atoms with E-state index in [1.54, 1.807) is 0 Å². The van der Waals surface area contributed by atoms with Crippen molar-refractivity contribution in [3.05, 3.63) is 70.3 Å². The van der Waals surface area contributed by atoms with Crippen LogP contribution in [0, 0.1) is 13.8 Å². The number of anilines is 1. The summed E-state index contributed by atoms with van der Waals surface area (Å²) in [5, 5.41) is 7.51. The van der Waals surface area contributed by atoms with E-state index in [0.29, 0.717) is 30.4 Å². The van der Waals surface area contributed by atoms with Crippen molar-refractivity contribution in [2.24, 2.45) is 10.7 Å². The van der Waals surface area contributed by atoms with Crippen LogP contribution in [0.3, 0.4) is 0 Å². The average molecular weight is 458 g/mol. The van der Waals surface area contributed by atoms with Gasteiger partial charge in [0.05, 0.1) is 23.2 Å². The van der Waals surface area contributed by atoms with E-state index in [0.717, 1.165) is 33.4 Å². The second kappa shape index (κ2) is 8.66. The van der Waals surface area contributed by atoms with Crippen LogP contribution < -0.4 is 16.8 Å². The van der Waals surface area contributed by atoms with E-state index in [9.17, 15) is 4.79 Å². The van der Waals surface area contributed by atoms with Crippen molar-refractivity contribution in [1.29, 1.82) is 0 Å². The highest BCUT2D eigenvalue weighted by atomic mass is 16.5. The summed E-state index contributed by atoms with van der Waals surface area (Å²) in [7, 11) is 0. The molecule has 9 nitrogen and oxygen atoms in total. The number of nitrogens with zero attached hydrogens (tertiary/aromatic N) is 4. The monoisotopic (exact) mass is 457 g/mol. The molecule has 34 heavy (non-hydrogen) atoms. The molecule has 5 rings (SSSR count). The predicted octanol–water partition coefficient (Wildman–Crippen LogP) is 3.28. The number of nitrogens with one attached hydrogen (secondary N) is 1. The van der Waals surface area contributed by atoms with E-state index in [-0.39, 0.29) is 11.5 Å². The molecule has 174 valence electrons. The highest BCUT2D eigenvalue weighted by Crippen LogP contribution is 2.39. The number of pyridine rings is 1. The zero-order valence-electron chi connectivity index (χ0n) is 19.2. The van der Waals surface area contributed by atoms with E-state index >= 15 is 0 Å². The van der Waals surface area contributed by atoms with Crippen molar-refractivity contribution >= 4 is 34.6 Å². The van der Waals surface area contributed by atoms with Crippen molar-refractivity contribution < 1.29 is 9.32 Å². The quantitative estimate of drug-likeness (QED) is 0.288. The zero-order chi connectivity index (χ0) is 23.8. The average Bonchev–Trinajstić information content (AvgIpc) is 3.50. The maximum Gasteiger partial charge on any atom is 0.254 e. The Morgan fingerprint density at radius 1 is 1.32 bits per heavy atom. The number of amides is 1. The number of carbonyl (C=O) groups is 1. The highest BCUT2D eigenvalue weighted by Gasteiger charge is 2.23. The van der Waals surface area contributed by atoms with E-state index in [1.807, 2.05) is 36.6 Å². The number of imidazole rings is 1. The van der Waals surface area contributed by atoms with E-state index in [2.05, 4.69) is 32.7 Å². The summed E-state index contributed by atoms with van der Waals surface area (Å²) in [6.07, 6.45) is 9.37. The highest BCUT2D eigenvalue weighted by molar-refractivity contribution is 6.12. The number of rotatable bonds is 7. The van der Waals surface area contributed by atoms with Crippen LogP contribution in [-0.2, 0) is 17.9 Å². The number of nitrogens with two attached hydrogens (primary N) is 2. The van der Waals surface area contributed by atoms with Crippen LogP contribution in [0.25, 0.3) is 16.6 Å². The fraction of sp³-hybridized carbons (Fsp3) is 0.280. The number of aryl methyl sites for hydroxylation is 2. The summed E-state index contributed by atoms with van der Waals surface area (Å²) in [6, 6.07) is 6.10. The minimum absolute atomic E-state index is 0.278. The molecule has 1 amide bonds. The Morgan fingerprint density at radius 2 is 2.15 bits per heavy atom. The standard InChI is InChI=1S/C25H27N7O2/c1-14-7-20-23(34-31-24(20)27)15(2)21(14)11-29-25(33)18(8-26)9-28-10-19-13-32-12-17(16-3-4-16)5-6-22(32)30-19/h5-9,12-13,16H,3-4,10-11,26H2,1-2H3,(H2,27,31)(H,29,33). The van der Waals surface area contributed by atoms with Gasteiger partial charge in [-0.05, 0) is 61.4 Å². The number of hydrogen-bond donors (Lipinski definition) is 3. The first-order chi connectivity index (χ1) is 16.4. The molecule has 1 aliphatic rings. The largest absolute Gasteiger partial charge is 0.404 e. The van der Waals surface area contributed by atoms with Gasteiger partial charge in [0.2, 0.25) is 0 Å². The third-order valence-corrected chi connectivity index (χ3v) is 6.31. The second-order valence-corrected chi connectivity index (χ2v) is 8.75. The third-order valence-electron chi connectivity index (χ3n) is 6.31. The van der Waals surface area contributed by atoms with Crippen LogP contribution in [0.4, 0.5) is 5.82 Å². The van der Waals surface area contributed by atoms with Crippen LogP contribution in [0.15, 0.2) is 51.9 Å². The predicted molar refractivity (Wildman–Crippen MR) is 131 cm³/mol. The lowest BCUT2D eigenvalue weighted by molar-refractivity contribution is -0.117. The first kappa shape index (κ1) is 21.7. The van der Waals surface area contributed by atoms with Gasteiger partial charge in [0.15, 0.2) is 11.4 Å². The summed E-state index contributed by atoms with van der Waals surface area (Å²) in [6.45, 7) is 4.55. The number of carbonyl (C=O) groups excluding carboxylic acids is 1. The fourth-order valence-electron chi connectivity index (χ4n) is 4.21. The maximum absolute atomic E-state index is 12.7. The number of nitrogen functional groups attached to an aromatic ring is 1. The van der Waals surface area contributed by atoms with Gasteiger partial charge in [0.1, 0.15) is 5.65 Å². The summed E-state index contributed by atoms with van der Waals surface area (Å²) in [5.41, 5.74) is 18.4. The molecule has 1 aromatic carbocycles. The molecule has 9 heteroatoms. The van der Waals surface area contributed by atoms with E-state index < -0.39 is 0 Å². The number of aliphatic imine (C=N–C) groups is 1. The Kier molecular flexibility index (Phi) is 5.53. The van der Waals surface area contributed by atoms with Crippen molar-refractivity contribution in [3.63, 3.8) is 0 Å². The zero-order valence-corrected chi connectivity index (χ0v) is 19.2. The van der Waals surface area contributed by atoms with Gasteiger partial charge in [-0.15, -0.1) is 0 Å². The molecule has 0 atom stereocenters. The van der Waals surface area contributed by atoms with Gasteiger partial charge >= 0.3 is 0 Å². The first-order valence-electron chi connectivity index (χ1n) is 11.3. The molecule has 1 saturated carbocycles. The first-order valence-corrected chi connectivity index (χ1v) is 11.3. The normalized spacial score (nSPS) is 14.5. The van der Waals surface area contributed by atoms with Crippen LogP contribution in [0.5, 0.6) is 0 Å². The number of aromatic nitrogens is 3. The van der Waals surface area contributed by atoms with Gasteiger partial charge in [-0.3, -0.25) is 9.79 Å². The molecule has 0 unspecified atom stereocenters. The molecule has 4 aromatic rings. The Labute approximate surface area is 196 Å². The molecule has 1 fully saturated rings. The lowest BCUT2D eigenvalue weighted by Crippen LogP contribution is -2.26. The van der Waals surface area contributed by atoms with Crippen LogP contribution >= 0.6 is 0 Å². The molecule has 0 radical (unpaired) electrons. The number of hydrogen-bond acceptors (Lipinski definition) is 7. The maximum atomic E-state index is 12.7. The van der Waals surface area contributed by atoms with Crippen molar-refractivity contribution in [1.82, 2.24) is 19.9 Å². The molecule has 0 saturated heterocycles. The van der Waals surface area contributed by atoms with E-state index in [4.69, 9.17) is 16.0 Å². The Balaban J connectivity index is 1.23. The van der Waals surface area contributed by atoms with Crippen molar-refractivity contribution in [2.75, 3.05) is 5.73 Å². The van der Waals surface area contributed by atoms with E-state index in [1.165, 1.54) is 30.8 Å². The van der Waals surface area contributed by atoms with Gasteiger partial charge in [-0.25, -0.2) is 4.98 Å². The van der Waals surface area contributed by atoms with Gasteiger partial charge in [0.25, 0.3) is 5.91 Å².